The van der Waals surface area contributed by atoms with Crippen LogP contribution in [0, 0.1) is 0 Å². The fourth-order valence-corrected chi connectivity index (χ4v) is 2.84. The number of carbonyl (C=O) groups is 1. The predicted octanol–water partition coefficient (Wildman–Crippen LogP) is 4.81. The fraction of sp³-hybridized carbons (Fsp3) is 0.667. The zero-order chi connectivity index (χ0) is 19.2. The van der Waals surface area contributed by atoms with Crippen LogP contribution in [0.2, 0.25) is 0 Å². The summed E-state index contributed by atoms with van der Waals surface area (Å²) in [6.45, 7) is 9.65. The molecule has 1 rings (SSSR count). The van der Waals surface area contributed by atoms with Gasteiger partial charge < -0.3 is 15.8 Å². The quantitative estimate of drug-likeness (QED) is 0.324. The molecule has 0 saturated heterocycles. The number of rotatable bonds is 14. The summed E-state index contributed by atoms with van der Waals surface area (Å²) < 4.78 is 5.94. The minimum Gasteiger partial charge on any atom is -0.493 e. The van der Waals surface area contributed by atoms with Gasteiger partial charge in [0.05, 0.1) is 13.2 Å². The smallest absolute Gasteiger partial charge is 0.234 e. The zero-order valence-corrected chi connectivity index (χ0v) is 19.3. The maximum Gasteiger partial charge on any atom is 0.234 e. The number of benzene rings is 1. The minimum atomic E-state index is 0. The van der Waals surface area contributed by atoms with Crippen LogP contribution in [-0.4, -0.2) is 37.0 Å². The van der Waals surface area contributed by atoms with E-state index in [1.54, 1.807) is 0 Å². The zero-order valence-electron chi connectivity index (χ0n) is 17.7. The maximum absolute atomic E-state index is 12.1. The second kappa shape index (κ2) is 17.9. The highest BCUT2D eigenvalue weighted by Crippen LogP contribution is 2.22. The van der Waals surface area contributed by atoms with Crippen LogP contribution < -0.4 is 15.8 Å². The summed E-state index contributed by atoms with van der Waals surface area (Å²) in [4.78, 5) is 14.2. The Morgan fingerprint density at radius 2 is 1.68 bits per heavy atom. The van der Waals surface area contributed by atoms with Crippen LogP contribution in [0.4, 0.5) is 5.69 Å². The molecule has 1 amide bonds. The predicted molar refractivity (Wildman–Crippen MR) is 124 cm³/mol. The summed E-state index contributed by atoms with van der Waals surface area (Å²) in [6, 6.07) is 5.63. The molecule has 0 bridgehead atoms. The molecule has 0 saturated carbocycles. The second-order valence-electron chi connectivity index (χ2n) is 6.72. The number of ether oxygens (including phenoxy) is 1. The van der Waals surface area contributed by atoms with E-state index in [0.29, 0.717) is 25.4 Å². The number of likely N-dealkylation sites (N-methyl/N-ethyl adjacent to an activating group) is 1. The Hall–Kier alpha value is -1.17. The molecule has 0 spiro atoms. The van der Waals surface area contributed by atoms with E-state index in [4.69, 9.17) is 10.5 Å². The number of halogens is 2. The molecule has 0 aliphatic heterocycles. The Balaban J connectivity index is 0. The lowest BCUT2D eigenvalue weighted by Crippen LogP contribution is -2.36. The SMILES string of the molecule is CCCCCCCCOc1ccc(N)cc1CNC(=O)CN(CC)CC.Cl.Cl. The number of amides is 1. The Bertz CT molecular complexity index is 526. The van der Waals surface area contributed by atoms with Crippen LogP contribution in [0.3, 0.4) is 0 Å². The van der Waals surface area contributed by atoms with Crippen LogP contribution in [0.25, 0.3) is 0 Å². The number of hydrogen-bond donors (Lipinski definition) is 2. The minimum absolute atomic E-state index is 0. The summed E-state index contributed by atoms with van der Waals surface area (Å²) in [5.74, 6) is 0.842. The molecule has 0 aliphatic carbocycles. The third kappa shape index (κ3) is 12.3. The van der Waals surface area contributed by atoms with E-state index < -0.39 is 0 Å². The molecule has 0 radical (unpaired) electrons. The van der Waals surface area contributed by atoms with E-state index in [1.807, 2.05) is 18.2 Å². The molecule has 7 heteroatoms. The molecular weight excluding hydrogens is 397 g/mol. The molecule has 0 fully saturated rings. The van der Waals surface area contributed by atoms with Gasteiger partial charge in [0, 0.05) is 17.8 Å². The number of anilines is 1. The number of nitrogens with one attached hydrogen (secondary N) is 1. The second-order valence-corrected chi connectivity index (χ2v) is 6.72. The third-order valence-electron chi connectivity index (χ3n) is 4.58. The first-order valence-corrected chi connectivity index (χ1v) is 10.1. The van der Waals surface area contributed by atoms with Gasteiger partial charge in [0.25, 0.3) is 0 Å². The molecule has 1 aromatic rings. The van der Waals surface area contributed by atoms with E-state index in [-0.39, 0.29) is 30.7 Å². The Kier molecular flexibility index (Phi) is 18.6. The molecule has 0 unspecified atom stereocenters. The lowest BCUT2D eigenvalue weighted by molar-refractivity contribution is -0.122. The lowest BCUT2D eigenvalue weighted by Gasteiger charge is -2.18. The van der Waals surface area contributed by atoms with E-state index in [2.05, 4.69) is 31.0 Å². The van der Waals surface area contributed by atoms with Gasteiger partial charge in [0.2, 0.25) is 5.91 Å². The van der Waals surface area contributed by atoms with Gasteiger partial charge in [-0.25, -0.2) is 0 Å². The van der Waals surface area contributed by atoms with Crippen molar-refractivity contribution in [1.82, 2.24) is 10.2 Å². The van der Waals surface area contributed by atoms with E-state index in [1.165, 1.54) is 32.1 Å². The van der Waals surface area contributed by atoms with E-state index in [9.17, 15) is 4.79 Å². The largest absolute Gasteiger partial charge is 0.493 e. The van der Waals surface area contributed by atoms with Crippen molar-refractivity contribution in [2.45, 2.75) is 65.8 Å². The summed E-state index contributed by atoms with van der Waals surface area (Å²) in [6.07, 6.45) is 7.42. The molecule has 28 heavy (non-hydrogen) atoms. The standard InChI is InChI=1S/C21H37N3O2.2ClH/c1-4-7-8-9-10-11-14-26-20-13-12-19(22)15-18(20)16-23-21(25)17-24(5-2)6-3;;/h12-13,15H,4-11,14,16-17,22H2,1-3H3,(H,23,25);2*1H. The van der Waals surface area contributed by atoms with Crippen molar-refractivity contribution in [2.24, 2.45) is 0 Å². The molecule has 0 heterocycles. The van der Waals surface area contributed by atoms with Gasteiger partial charge in [-0.05, 0) is 37.7 Å². The van der Waals surface area contributed by atoms with Crippen molar-refractivity contribution in [3.8, 4) is 5.75 Å². The molecule has 1 aromatic carbocycles. The van der Waals surface area contributed by atoms with Crippen LogP contribution >= 0.6 is 24.8 Å². The number of carbonyl (C=O) groups excluding carboxylic acids is 1. The Morgan fingerprint density at radius 3 is 2.32 bits per heavy atom. The van der Waals surface area contributed by atoms with Crippen molar-refractivity contribution in [2.75, 3.05) is 32.0 Å². The third-order valence-corrected chi connectivity index (χ3v) is 4.58. The molecule has 0 aliphatic rings. The normalized spacial score (nSPS) is 10.1. The van der Waals surface area contributed by atoms with Crippen molar-refractivity contribution >= 4 is 36.4 Å². The fourth-order valence-electron chi connectivity index (χ4n) is 2.84. The summed E-state index contributed by atoms with van der Waals surface area (Å²) in [7, 11) is 0. The maximum atomic E-state index is 12.1. The van der Waals surface area contributed by atoms with Gasteiger partial charge in [0.15, 0.2) is 0 Å². The summed E-state index contributed by atoms with van der Waals surface area (Å²) >= 11 is 0. The highest BCUT2D eigenvalue weighted by molar-refractivity contribution is 5.85. The molecule has 0 aromatic heterocycles. The van der Waals surface area contributed by atoms with Gasteiger partial charge >= 0.3 is 0 Å². The van der Waals surface area contributed by atoms with E-state index in [0.717, 1.165) is 30.8 Å². The average Bonchev–Trinajstić information content (AvgIpc) is 2.64. The molecule has 5 nitrogen and oxygen atoms in total. The van der Waals surface area contributed by atoms with Gasteiger partial charge in [-0.1, -0.05) is 52.9 Å². The molecule has 164 valence electrons. The first-order valence-electron chi connectivity index (χ1n) is 10.1. The highest BCUT2D eigenvalue weighted by Gasteiger charge is 2.09. The first-order chi connectivity index (χ1) is 12.6. The highest BCUT2D eigenvalue weighted by atomic mass is 35.5. The van der Waals surface area contributed by atoms with Crippen LogP contribution in [0.1, 0.15) is 64.9 Å². The van der Waals surface area contributed by atoms with Gasteiger partial charge in [-0.3, -0.25) is 9.69 Å². The Labute approximate surface area is 183 Å². The number of unbranched alkanes of at least 4 members (excludes halogenated alkanes) is 5. The van der Waals surface area contributed by atoms with Gasteiger partial charge in [-0.15, -0.1) is 24.8 Å². The van der Waals surface area contributed by atoms with Crippen molar-refractivity contribution in [3.05, 3.63) is 23.8 Å². The van der Waals surface area contributed by atoms with Crippen LogP contribution in [0.15, 0.2) is 18.2 Å². The van der Waals surface area contributed by atoms with Crippen LogP contribution in [-0.2, 0) is 11.3 Å². The Morgan fingerprint density at radius 1 is 1.04 bits per heavy atom. The molecule has 3 N–H and O–H groups in total. The average molecular weight is 436 g/mol. The van der Waals surface area contributed by atoms with Crippen molar-refractivity contribution in [3.63, 3.8) is 0 Å². The summed E-state index contributed by atoms with van der Waals surface area (Å²) in [5.41, 5.74) is 7.52. The molecular formula is C21H39Cl2N3O2. The summed E-state index contributed by atoms with van der Waals surface area (Å²) in [5, 5.41) is 2.97. The first kappa shape index (κ1) is 29.0. The number of hydrogen-bond acceptors (Lipinski definition) is 4. The van der Waals surface area contributed by atoms with Gasteiger partial charge in [0.1, 0.15) is 5.75 Å². The van der Waals surface area contributed by atoms with Crippen molar-refractivity contribution < 1.29 is 9.53 Å². The number of nitrogens with zero attached hydrogens (tertiary/aromatic N) is 1. The van der Waals surface area contributed by atoms with E-state index >= 15 is 0 Å². The van der Waals surface area contributed by atoms with Crippen molar-refractivity contribution in [1.29, 1.82) is 0 Å². The lowest BCUT2D eigenvalue weighted by atomic mass is 10.1. The van der Waals surface area contributed by atoms with Crippen LogP contribution in [0.5, 0.6) is 5.75 Å². The number of nitrogens with two attached hydrogens (primary N) is 1. The topological polar surface area (TPSA) is 67.6 Å². The number of nitrogen functional groups attached to an aromatic ring is 1. The molecule has 0 atom stereocenters. The van der Waals surface area contributed by atoms with Gasteiger partial charge in [-0.2, -0.15) is 0 Å². The monoisotopic (exact) mass is 435 g/mol.